The number of hydrogen-bond acceptors (Lipinski definition) is 8. The van der Waals surface area contributed by atoms with Crippen molar-refractivity contribution in [2.45, 2.75) is 26.0 Å². The van der Waals surface area contributed by atoms with Crippen molar-refractivity contribution in [1.82, 2.24) is 9.91 Å². The maximum atomic E-state index is 13.0. The van der Waals surface area contributed by atoms with Crippen LogP contribution in [0.1, 0.15) is 40.4 Å². The lowest BCUT2D eigenvalue weighted by molar-refractivity contribution is -0.145. The summed E-state index contributed by atoms with van der Waals surface area (Å²) in [7, 11) is 2.11. The van der Waals surface area contributed by atoms with Gasteiger partial charge in [-0.25, -0.2) is 0 Å². The van der Waals surface area contributed by atoms with Crippen LogP contribution in [0.15, 0.2) is 47.6 Å². The standard InChI is InChI=1S/C26H32N4O4/c1-3-33-24(31)16-22-14-20-8-9-21(15-23(20)34-26(22)27)25(32)19-6-4-18(5-7-19)17-28-30-12-10-29(2)11-13-30/h4-9,15,17,22,26H,3,10-14,16,27H2,1-2H3. The summed E-state index contributed by atoms with van der Waals surface area (Å²) in [6, 6.07) is 12.8. The van der Waals surface area contributed by atoms with E-state index in [0.29, 0.717) is 29.9 Å². The van der Waals surface area contributed by atoms with E-state index in [1.54, 1.807) is 19.1 Å². The lowest BCUT2D eigenvalue weighted by atomic mass is 9.90. The lowest BCUT2D eigenvalue weighted by Crippen LogP contribution is -2.41. The zero-order chi connectivity index (χ0) is 24.1. The van der Waals surface area contributed by atoms with Crippen LogP contribution in [-0.2, 0) is 16.0 Å². The van der Waals surface area contributed by atoms with Gasteiger partial charge in [-0.15, -0.1) is 0 Å². The van der Waals surface area contributed by atoms with Gasteiger partial charge in [0.15, 0.2) is 12.0 Å². The van der Waals surface area contributed by atoms with Crippen LogP contribution in [-0.4, -0.2) is 73.9 Å². The summed E-state index contributed by atoms with van der Waals surface area (Å²) < 4.78 is 10.9. The minimum Gasteiger partial charge on any atom is -0.475 e. The highest BCUT2D eigenvalue weighted by Crippen LogP contribution is 2.32. The van der Waals surface area contributed by atoms with Gasteiger partial charge in [0.25, 0.3) is 0 Å². The van der Waals surface area contributed by atoms with E-state index in [1.165, 1.54) is 0 Å². The molecular weight excluding hydrogens is 432 g/mol. The molecular formula is C26H32N4O4. The molecule has 0 amide bonds. The second-order valence-electron chi connectivity index (χ2n) is 8.83. The third-order valence-electron chi connectivity index (χ3n) is 6.30. The van der Waals surface area contributed by atoms with E-state index < -0.39 is 6.23 Å². The number of benzene rings is 2. The van der Waals surface area contributed by atoms with Crippen molar-refractivity contribution >= 4 is 18.0 Å². The number of likely N-dealkylation sites (N-methyl/N-ethyl adjacent to an activating group) is 1. The molecule has 8 heteroatoms. The Bertz CT molecular complexity index is 1050. The predicted octanol–water partition coefficient (Wildman–Crippen LogP) is 2.29. The minimum absolute atomic E-state index is 0.0869. The Morgan fingerprint density at radius 3 is 2.53 bits per heavy atom. The van der Waals surface area contributed by atoms with Crippen molar-refractivity contribution in [1.29, 1.82) is 0 Å². The summed E-state index contributed by atoms with van der Waals surface area (Å²) >= 11 is 0. The largest absolute Gasteiger partial charge is 0.475 e. The molecule has 0 radical (unpaired) electrons. The quantitative estimate of drug-likeness (QED) is 0.381. The van der Waals surface area contributed by atoms with Gasteiger partial charge in [0.1, 0.15) is 5.75 Å². The minimum atomic E-state index is -0.624. The van der Waals surface area contributed by atoms with Crippen LogP contribution in [0, 0.1) is 5.92 Å². The zero-order valence-electron chi connectivity index (χ0n) is 19.8. The molecule has 0 spiro atoms. The van der Waals surface area contributed by atoms with Crippen LogP contribution in [0.4, 0.5) is 0 Å². The third-order valence-corrected chi connectivity index (χ3v) is 6.30. The summed E-state index contributed by atoms with van der Waals surface area (Å²) in [5, 5.41) is 6.61. The van der Waals surface area contributed by atoms with E-state index in [9.17, 15) is 9.59 Å². The number of hydrazone groups is 1. The Morgan fingerprint density at radius 1 is 1.12 bits per heavy atom. The molecule has 2 heterocycles. The number of ketones is 1. The first-order chi connectivity index (χ1) is 16.4. The van der Waals surface area contributed by atoms with Crippen LogP contribution >= 0.6 is 0 Å². The van der Waals surface area contributed by atoms with Crippen molar-refractivity contribution in [3.05, 3.63) is 64.7 Å². The highest BCUT2D eigenvalue weighted by molar-refractivity contribution is 6.09. The topological polar surface area (TPSA) is 97.5 Å². The maximum absolute atomic E-state index is 13.0. The molecule has 1 saturated heterocycles. The van der Waals surface area contributed by atoms with Crippen molar-refractivity contribution < 1.29 is 19.1 Å². The number of rotatable bonds is 7. The normalized spacial score (nSPS) is 20.6. The number of nitrogens with two attached hydrogens (primary N) is 1. The molecule has 1 fully saturated rings. The molecule has 34 heavy (non-hydrogen) atoms. The van der Waals surface area contributed by atoms with Crippen LogP contribution in [0.25, 0.3) is 0 Å². The van der Waals surface area contributed by atoms with Crippen molar-refractivity contribution in [3.8, 4) is 5.75 Å². The molecule has 2 N–H and O–H groups in total. The maximum Gasteiger partial charge on any atom is 0.306 e. The van der Waals surface area contributed by atoms with Gasteiger partial charge in [-0.1, -0.05) is 36.4 Å². The van der Waals surface area contributed by atoms with Gasteiger partial charge in [-0.05, 0) is 37.6 Å². The summed E-state index contributed by atoms with van der Waals surface area (Å²) in [5.74, 6) is 0.0672. The Kier molecular flexibility index (Phi) is 7.59. The predicted molar refractivity (Wildman–Crippen MR) is 130 cm³/mol. The van der Waals surface area contributed by atoms with Gasteiger partial charge in [0.2, 0.25) is 0 Å². The Labute approximate surface area is 200 Å². The van der Waals surface area contributed by atoms with Gasteiger partial charge < -0.3 is 14.4 Å². The number of esters is 1. The van der Waals surface area contributed by atoms with Crippen LogP contribution in [0.5, 0.6) is 5.75 Å². The lowest BCUT2D eigenvalue weighted by Gasteiger charge is -2.30. The summed E-state index contributed by atoms with van der Waals surface area (Å²) in [6.07, 6.45) is 2.02. The van der Waals surface area contributed by atoms with Gasteiger partial charge in [-0.3, -0.25) is 20.3 Å². The van der Waals surface area contributed by atoms with Crippen molar-refractivity contribution in [3.63, 3.8) is 0 Å². The number of ether oxygens (including phenoxy) is 2. The average Bonchev–Trinajstić information content (AvgIpc) is 2.84. The van der Waals surface area contributed by atoms with E-state index in [4.69, 9.17) is 15.2 Å². The van der Waals surface area contributed by atoms with E-state index >= 15 is 0 Å². The third kappa shape index (κ3) is 5.81. The average molecular weight is 465 g/mol. The van der Waals surface area contributed by atoms with E-state index in [0.717, 1.165) is 37.3 Å². The molecule has 4 rings (SSSR count). The number of carbonyl (C=O) groups excluding carboxylic acids is 2. The van der Waals surface area contributed by atoms with Crippen LogP contribution in [0.3, 0.4) is 0 Å². The molecule has 2 aromatic carbocycles. The Balaban J connectivity index is 1.40. The molecule has 8 nitrogen and oxygen atoms in total. The number of carbonyl (C=O) groups is 2. The molecule has 2 unspecified atom stereocenters. The van der Waals surface area contributed by atoms with Crippen molar-refractivity contribution in [2.75, 3.05) is 39.8 Å². The summed E-state index contributed by atoms with van der Waals surface area (Å²) in [6.45, 7) is 5.96. The molecule has 2 aromatic rings. The van der Waals surface area contributed by atoms with Gasteiger partial charge in [0.05, 0.1) is 19.2 Å². The van der Waals surface area contributed by atoms with Gasteiger partial charge in [0, 0.05) is 43.2 Å². The number of piperazine rings is 1. The first-order valence-corrected chi connectivity index (χ1v) is 11.8. The van der Waals surface area contributed by atoms with Crippen LogP contribution in [0.2, 0.25) is 0 Å². The molecule has 180 valence electrons. The van der Waals surface area contributed by atoms with Crippen molar-refractivity contribution in [2.24, 2.45) is 16.8 Å². The number of nitrogens with zero attached hydrogens (tertiary/aromatic N) is 3. The fourth-order valence-corrected chi connectivity index (χ4v) is 4.18. The molecule has 0 bridgehead atoms. The van der Waals surface area contributed by atoms with E-state index in [-0.39, 0.29) is 24.1 Å². The monoisotopic (exact) mass is 464 g/mol. The summed E-state index contributed by atoms with van der Waals surface area (Å²) in [4.78, 5) is 27.2. The molecule has 0 aliphatic carbocycles. The zero-order valence-corrected chi connectivity index (χ0v) is 19.8. The van der Waals surface area contributed by atoms with E-state index in [1.807, 2.05) is 36.5 Å². The SMILES string of the molecule is CCOC(=O)CC1Cc2ccc(C(=O)c3ccc(C=NN4CCN(C)CC4)cc3)cc2OC1N. The molecule has 0 aromatic heterocycles. The smallest absolute Gasteiger partial charge is 0.306 e. The van der Waals surface area contributed by atoms with E-state index in [2.05, 4.69) is 22.1 Å². The Morgan fingerprint density at radius 2 is 1.82 bits per heavy atom. The number of fused-ring (bicyclic) bond motifs is 1. The fraction of sp³-hybridized carbons (Fsp3) is 0.423. The highest BCUT2D eigenvalue weighted by Gasteiger charge is 2.30. The fourth-order valence-electron chi connectivity index (χ4n) is 4.18. The van der Waals surface area contributed by atoms with Gasteiger partial charge in [-0.2, -0.15) is 5.10 Å². The van der Waals surface area contributed by atoms with Gasteiger partial charge >= 0.3 is 5.97 Å². The summed E-state index contributed by atoms with van der Waals surface area (Å²) in [5.41, 5.74) is 9.16. The highest BCUT2D eigenvalue weighted by atomic mass is 16.5. The number of hydrogen-bond donors (Lipinski definition) is 1. The molecule has 2 aliphatic rings. The second kappa shape index (κ2) is 10.8. The molecule has 0 saturated carbocycles. The first-order valence-electron chi connectivity index (χ1n) is 11.8. The molecule has 2 atom stereocenters. The first kappa shape index (κ1) is 23.9. The van der Waals surface area contributed by atoms with Crippen LogP contribution < -0.4 is 10.5 Å². The molecule has 2 aliphatic heterocycles. The Hall–Kier alpha value is -3.23. The second-order valence-corrected chi connectivity index (χ2v) is 8.83.